The topological polar surface area (TPSA) is 88.6 Å². The number of methoxy groups -OCH3 is 1. The summed E-state index contributed by atoms with van der Waals surface area (Å²) in [6.07, 6.45) is 0. The zero-order valence-electron chi connectivity index (χ0n) is 15.1. The molecular formula is C17H23N5O3S2. The zero-order valence-corrected chi connectivity index (χ0v) is 16.8. The van der Waals surface area contributed by atoms with Crippen LogP contribution in [0.1, 0.15) is 0 Å². The van der Waals surface area contributed by atoms with Gasteiger partial charge in [0.25, 0.3) is 0 Å². The Balaban J connectivity index is 1.42. The third-order valence-electron chi connectivity index (χ3n) is 3.84. The molecule has 2 aromatic rings. The Hall–Kier alpha value is -1.88. The van der Waals surface area contributed by atoms with Crippen LogP contribution in [0, 0.1) is 0 Å². The van der Waals surface area contributed by atoms with Gasteiger partial charge in [0.2, 0.25) is 11.0 Å². The summed E-state index contributed by atoms with van der Waals surface area (Å²) < 4.78 is 11.1. The number of amides is 1. The van der Waals surface area contributed by atoms with E-state index in [0.717, 1.165) is 47.1 Å². The van der Waals surface area contributed by atoms with Gasteiger partial charge in [-0.05, 0) is 24.3 Å². The lowest BCUT2D eigenvalue weighted by Gasteiger charge is -2.28. The minimum Gasteiger partial charge on any atom is -0.383 e. The molecule has 0 bridgehead atoms. The first-order valence-electron chi connectivity index (χ1n) is 8.66. The molecule has 27 heavy (non-hydrogen) atoms. The average molecular weight is 410 g/mol. The Morgan fingerprint density at radius 2 is 2.07 bits per heavy atom. The molecule has 0 aliphatic carbocycles. The van der Waals surface area contributed by atoms with Gasteiger partial charge in [-0.15, -0.1) is 10.2 Å². The number of rotatable bonds is 9. The van der Waals surface area contributed by atoms with Gasteiger partial charge in [0.05, 0.1) is 25.6 Å². The molecule has 8 nitrogen and oxygen atoms in total. The molecule has 1 aromatic carbocycles. The van der Waals surface area contributed by atoms with Gasteiger partial charge >= 0.3 is 0 Å². The Bertz CT molecular complexity index is 720. The number of thioether (sulfide) groups is 1. The summed E-state index contributed by atoms with van der Waals surface area (Å²) in [6.45, 7) is 4.58. The number of anilines is 3. The van der Waals surface area contributed by atoms with Gasteiger partial charge in [-0.25, -0.2) is 0 Å². The van der Waals surface area contributed by atoms with Crippen molar-refractivity contribution in [2.75, 3.05) is 67.9 Å². The van der Waals surface area contributed by atoms with Gasteiger partial charge < -0.3 is 25.0 Å². The average Bonchev–Trinajstić information content (AvgIpc) is 3.16. The predicted molar refractivity (Wildman–Crippen MR) is 109 cm³/mol. The lowest BCUT2D eigenvalue weighted by Crippen LogP contribution is -2.36. The largest absolute Gasteiger partial charge is 0.383 e. The molecule has 1 saturated heterocycles. The summed E-state index contributed by atoms with van der Waals surface area (Å²) in [5.41, 5.74) is 1.94. The van der Waals surface area contributed by atoms with Gasteiger partial charge in [-0.2, -0.15) is 0 Å². The fraction of sp³-hybridized carbons (Fsp3) is 0.471. The summed E-state index contributed by atoms with van der Waals surface area (Å²) >= 11 is 2.80. The molecular weight excluding hydrogens is 386 g/mol. The maximum Gasteiger partial charge on any atom is 0.234 e. The standard InChI is InChI=1S/C17H23N5O3S2/c1-24-9-6-18-16-20-21-17(27-16)26-12-15(23)19-13-2-4-14(5-3-13)22-7-10-25-11-8-22/h2-5H,6-12H2,1H3,(H,18,20)(H,19,23). The molecule has 2 heterocycles. The number of ether oxygens (including phenoxy) is 2. The Kier molecular flexibility index (Phi) is 7.69. The van der Waals surface area contributed by atoms with E-state index in [2.05, 4.69) is 25.7 Å². The number of hydrogen-bond donors (Lipinski definition) is 2. The molecule has 0 radical (unpaired) electrons. The van der Waals surface area contributed by atoms with Crippen molar-refractivity contribution >= 4 is 45.5 Å². The Morgan fingerprint density at radius 1 is 1.30 bits per heavy atom. The third kappa shape index (κ3) is 6.35. The van der Waals surface area contributed by atoms with Crippen LogP contribution < -0.4 is 15.5 Å². The van der Waals surface area contributed by atoms with E-state index in [1.54, 1.807) is 7.11 Å². The molecule has 10 heteroatoms. The lowest BCUT2D eigenvalue weighted by molar-refractivity contribution is -0.113. The molecule has 1 aliphatic heterocycles. The fourth-order valence-corrected chi connectivity index (χ4v) is 4.08. The third-order valence-corrected chi connectivity index (χ3v) is 5.86. The lowest BCUT2D eigenvalue weighted by atomic mass is 10.2. The maximum atomic E-state index is 12.2. The molecule has 146 valence electrons. The molecule has 0 unspecified atom stereocenters. The van der Waals surface area contributed by atoms with Crippen LogP contribution in [0.2, 0.25) is 0 Å². The second-order valence-corrected chi connectivity index (χ2v) is 7.98. The number of morpholine rings is 1. The van der Waals surface area contributed by atoms with Crippen LogP contribution in [0.25, 0.3) is 0 Å². The smallest absolute Gasteiger partial charge is 0.234 e. The van der Waals surface area contributed by atoms with Crippen LogP contribution in [0.3, 0.4) is 0 Å². The maximum absolute atomic E-state index is 12.2. The summed E-state index contributed by atoms with van der Waals surface area (Å²) in [5, 5.41) is 14.9. The van der Waals surface area contributed by atoms with Crippen LogP contribution in [-0.2, 0) is 14.3 Å². The molecule has 0 saturated carbocycles. The van der Waals surface area contributed by atoms with Crippen molar-refractivity contribution < 1.29 is 14.3 Å². The van der Waals surface area contributed by atoms with Crippen LogP contribution in [-0.4, -0.2) is 68.4 Å². The van der Waals surface area contributed by atoms with Crippen molar-refractivity contribution in [3.63, 3.8) is 0 Å². The second-order valence-electron chi connectivity index (χ2n) is 5.78. The van der Waals surface area contributed by atoms with Gasteiger partial charge in [0.15, 0.2) is 4.34 Å². The summed E-state index contributed by atoms with van der Waals surface area (Å²) in [4.78, 5) is 14.4. The van der Waals surface area contributed by atoms with Gasteiger partial charge in [-0.1, -0.05) is 23.1 Å². The van der Waals surface area contributed by atoms with Gasteiger partial charge in [-0.3, -0.25) is 4.79 Å². The van der Waals surface area contributed by atoms with Crippen LogP contribution in [0.15, 0.2) is 28.6 Å². The number of benzene rings is 1. The quantitative estimate of drug-likeness (QED) is 0.481. The van der Waals surface area contributed by atoms with Crippen LogP contribution in [0.4, 0.5) is 16.5 Å². The van der Waals surface area contributed by atoms with Gasteiger partial charge in [0.1, 0.15) is 0 Å². The highest BCUT2D eigenvalue weighted by Gasteiger charge is 2.12. The van der Waals surface area contributed by atoms with E-state index in [1.807, 2.05) is 24.3 Å². The highest BCUT2D eigenvalue weighted by atomic mass is 32.2. The van der Waals surface area contributed by atoms with Gasteiger partial charge in [0, 0.05) is 38.1 Å². The van der Waals surface area contributed by atoms with E-state index in [9.17, 15) is 4.79 Å². The number of nitrogens with zero attached hydrogens (tertiary/aromatic N) is 3. The Morgan fingerprint density at radius 3 is 2.81 bits per heavy atom. The fourth-order valence-electron chi connectivity index (χ4n) is 2.50. The summed E-state index contributed by atoms with van der Waals surface area (Å²) in [6, 6.07) is 7.90. The zero-order chi connectivity index (χ0) is 18.9. The van der Waals surface area contributed by atoms with Crippen molar-refractivity contribution in [1.82, 2.24) is 10.2 Å². The molecule has 0 spiro atoms. The molecule has 1 aliphatic rings. The van der Waals surface area contributed by atoms with Crippen molar-refractivity contribution in [3.05, 3.63) is 24.3 Å². The van der Waals surface area contributed by atoms with E-state index in [1.165, 1.54) is 23.1 Å². The number of hydrogen-bond acceptors (Lipinski definition) is 9. The second kappa shape index (κ2) is 10.5. The first-order chi connectivity index (χ1) is 13.2. The minimum absolute atomic E-state index is 0.0665. The van der Waals surface area contributed by atoms with E-state index in [4.69, 9.17) is 9.47 Å². The number of nitrogens with one attached hydrogen (secondary N) is 2. The highest BCUT2D eigenvalue weighted by molar-refractivity contribution is 8.01. The molecule has 2 N–H and O–H groups in total. The summed E-state index contributed by atoms with van der Waals surface area (Å²) in [7, 11) is 1.65. The van der Waals surface area contributed by atoms with E-state index < -0.39 is 0 Å². The summed E-state index contributed by atoms with van der Waals surface area (Å²) in [5.74, 6) is 0.223. The van der Waals surface area contributed by atoms with Crippen molar-refractivity contribution in [2.24, 2.45) is 0 Å². The van der Waals surface area contributed by atoms with E-state index in [-0.39, 0.29) is 11.7 Å². The predicted octanol–water partition coefficient (Wildman–Crippen LogP) is 2.16. The molecule has 1 amide bonds. The van der Waals surface area contributed by atoms with Crippen molar-refractivity contribution in [3.8, 4) is 0 Å². The molecule has 1 aromatic heterocycles. The first-order valence-corrected chi connectivity index (χ1v) is 10.5. The normalized spacial score (nSPS) is 14.2. The monoisotopic (exact) mass is 409 g/mol. The van der Waals surface area contributed by atoms with Crippen molar-refractivity contribution in [2.45, 2.75) is 4.34 Å². The first kappa shape index (κ1) is 19.9. The molecule has 1 fully saturated rings. The van der Waals surface area contributed by atoms with Crippen LogP contribution in [0.5, 0.6) is 0 Å². The molecule has 0 atom stereocenters. The molecule has 3 rings (SSSR count). The van der Waals surface area contributed by atoms with E-state index >= 15 is 0 Å². The minimum atomic E-state index is -0.0665. The number of carbonyl (C=O) groups is 1. The SMILES string of the molecule is COCCNc1nnc(SCC(=O)Nc2ccc(N3CCOCC3)cc2)s1. The van der Waals surface area contributed by atoms with E-state index in [0.29, 0.717) is 13.2 Å². The number of aromatic nitrogens is 2. The van der Waals surface area contributed by atoms with Crippen molar-refractivity contribution in [1.29, 1.82) is 0 Å². The van der Waals surface area contributed by atoms with Crippen LogP contribution >= 0.6 is 23.1 Å². The highest BCUT2D eigenvalue weighted by Crippen LogP contribution is 2.25. The Labute approximate surface area is 166 Å². The number of carbonyl (C=O) groups excluding carboxylic acids is 1.